The van der Waals surface area contributed by atoms with Crippen molar-refractivity contribution in [1.82, 2.24) is 25.1 Å². The number of hydrogen-bond donors (Lipinski definition) is 1. The molecule has 0 aliphatic heterocycles. The molecule has 1 saturated carbocycles. The molecule has 0 bridgehead atoms. The molecular formula is C14H25N5O2S. The highest BCUT2D eigenvalue weighted by molar-refractivity contribution is 7.98. The Kier molecular flexibility index (Phi) is 6.63. The van der Waals surface area contributed by atoms with Crippen LogP contribution in [0, 0.1) is 0 Å². The van der Waals surface area contributed by atoms with E-state index in [1.54, 1.807) is 16.4 Å². The molecule has 7 nitrogen and oxygen atoms in total. The van der Waals surface area contributed by atoms with Gasteiger partial charge in [0.05, 0.1) is 11.9 Å². The molecule has 1 aliphatic rings. The van der Waals surface area contributed by atoms with E-state index >= 15 is 0 Å². The number of hydrogen-bond acceptors (Lipinski definition) is 6. The lowest BCUT2D eigenvalue weighted by atomic mass is 9.92. The Morgan fingerprint density at radius 2 is 2.14 bits per heavy atom. The van der Waals surface area contributed by atoms with E-state index < -0.39 is 0 Å². The van der Waals surface area contributed by atoms with E-state index in [-0.39, 0.29) is 12.0 Å². The van der Waals surface area contributed by atoms with Gasteiger partial charge in [0.25, 0.3) is 0 Å². The molecule has 1 N–H and O–H groups in total. The molecule has 1 amide bonds. The maximum absolute atomic E-state index is 12.4. The fourth-order valence-electron chi connectivity index (χ4n) is 2.84. The summed E-state index contributed by atoms with van der Waals surface area (Å²) in [5, 5.41) is 20.9. The van der Waals surface area contributed by atoms with E-state index in [2.05, 4.69) is 15.5 Å². The lowest BCUT2D eigenvalue weighted by Gasteiger charge is -2.35. The first kappa shape index (κ1) is 17.2. The Morgan fingerprint density at radius 3 is 2.73 bits per heavy atom. The van der Waals surface area contributed by atoms with Crippen LogP contribution in [0.15, 0.2) is 0 Å². The number of aliphatic hydroxyl groups excluding tert-OH is 1. The molecule has 0 radical (unpaired) electrons. The maximum Gasteiger partial charge on any atom is 0.223 e. The van der Waals surface area contributed by atoms with Gasteiger partial charge in [0.1, 0.15) is 0 Å². The highest BCUT2D eigenvalue weighted by atomic mass is 32.2. The molecule has 0 atom stereocenters. The SMILES string of the molecule is CCN(C(=O)CCSCc1nnnn1C)C1CCC(O)CC1. The summed E-state index contributed by atoms with van der Waals surface area (Å²) < 4.78 is 1.65. The monoisotopic (exact) mass is 327 g/mol. The number of amides is 1. The van der Waals surface area contributed by atoms with Crippen LogP contribution in [0.3, 0.4) is 0 Å². The average molecular weight is 327 g/mol. The van der Waals surface area contributed by atoms with Crippen LogP contribution in [0.4, 0.5) is 0 Å². The van der Waals surface area contributed by atoms with E-state index in [1.807, 2.05) is 18.9 Å². The summed E-state index contributed by atoms with van der Waals surface area (Å²) in [7, 11) is 1.82. The molecule has 1 aromatic heterocycles. The first-order valence-electron chi connectivity index (χ1n) is 7.88. The third-order valence-corrected chi connectivity index (χ3v) is 5.12. The predicted molar refractivity (Wildman–Crippen MR) is 85.2 cm³/mol. The van der Waals surface area contributed by atoms with Crippen LogP contribution in [-0.2, 0) is 17.6 Å². The Balaban J connectivity index is 1.71. The summed E-state index contributed by atoms with van der Waals surface area (Å²) in [6.07, 6.45) is 3.81. The lowest BCUT2D eigenvalue weighted by Crippen LogP contribution is -2.43. The van der Waals surface area contributed by atoms with Crippen LogP contribution in [-0.4, -0.2) is 60.6 Å². The largest absolute Gasteiger partial charge is 0.393 e. The van der Waals surface area contributed by atoms with Gasteiger partial charge in [0, 0.05) is 31.8 Å². The number of nitrogens with zero attached hydrogens (tertiary/aromatic N) is 5. The van der Waals surface area contributed by atoms with Gasteiger partial charge < -0.3 is 10.0 Å². The fourth-order valence-corrected chi connectivity index (χ4v) is 3.74. The average Bonchev–Trinajstić information content (AvgIpc) is 2.92. The van der Waals surface area contributed by atoms with E-state index in [0.717, 1.165) is 49.6 Å². The zero-order chi connectivity index (χ0) is 15.9. The van der Waals surface area contributed by atoms with E-state index in [1.165, 1.54) is 0 Å². The molecule has 2 rings (SSSR count). The van der Waals surface area contributed by atoms with Gasteiger partial charge in [-0.2, -0.15) is 11.8 Å². The van der Waals surface area contributed by atoms with Gasteiger partial charge in [-0.25, -0.2) is 4.68 Å². The minimum Gasteiger partial charge on any atom is -0.393 e. The van der Waals surface area contributed by atoms with E-state index in [0.29, 0.717) is 12.5 Å². The molecule has 1 aromatic rings. The first-order valence-corrected chi connectivity index (χ1v) is 9.03. The normalized spacial score (nSPS) is 21.8. The van der Waals surface area contributed by atoms with Crippen LogP contribution < -0.4 is 0 Å². The smallest absolute Gasteiger partial charge is 0.223 e. The summed E-state index contributed by atoms with van der Waals surface area (Å²) in [5.41, 5.74) is 0. The number of aliphatic hydroxyl groups is 1. The number of carbonyl (C=O) groups is 1. The molecule has 1 fully saturated rings. The zero-order valence-corrected chi connectivity index (χ0v) is 14.1. The fraction of sp³-hybridized carbons (Fsp3) is 0.857. The van der Waals surface area contributed by atoms with Gasteiger partial charge in [-0.05, 0) is 43.0 Å². The molecule has 22 heavy (non-hydrogen) atoms. The van der Waals surface area contributed by atoms with Crippen molar-refractivity contribution in [1.29, 1.82) is 0 Å². The minimum atomic E-state index is -0.180. The van der Waals surface area contributed by atoms with Crippen molar-refractivity contribution in [2.45, 2.75) is 56.9 Å². The van der Waals surface area contributed by atoms with Crippen molar-refractivity contribution in [2.24, 2.45) is 7.05 Å². The Hall–Kier alpha value is -1.15. The van der Waals surface area contributed by atoms with Gasteiger partial charge in [0.2, 0.25) is 5.91 Å². The summed E-state index contributed by atoms with van der Waals surface area (Å²) in [6, 6.07) is 0.300. The Labute approximate surface area is 135 Å². The molecule has 0 unspecified atom stereocenters. The minimum absolute atomic E-state index is 0.180. The molecule has 8 heteroatoms. The second-order valence-corrected chi connectivity index (χ2v) is 6.77. The molecule has 1 aliphatic carbocycles. The molecule has 0 saturated heterocycles. The summed E-state index contributed by atoms with van der Waals surface area (Å²) in [4.78, 5) is 14.4. The van der Waals surface area contributed by atoms with E-state index in [9.17, 15) is 9.90 Å². The van der Waals surface area contributed by atoms with Gasteiger partial charge in [0.15, 0.2) is 5.82 Å². The number of aryl methyl sites for hydroxylation is 1. The number of rotatable bonds is 7. The highest BCUT2D eigenvalue weighted by Crippen LogP contribution is 2.24. The standard InChI is InChI=1S/C14H25N5O2S/c1-3-19(11-4-6-12(20)7-5-11)14(21)8-9-22-10-13-15-16-17-18(13)2/h11-12,20H,3-10H2,1-2H3. The summed E-state index contributed by atoms with van der Waals surface area (Å²) >= 11 is 1.68. The Morgan fingerprint density at radius 1 is 1.41 bits per heavy atom. The van der Waals surface area contributed by atoms with E-state index in [4.69, 9.17) is 0 Å². The van der Waals surface area contributed by atoms with Crippen LogP contribution in [0.5, 0.6) is 0 Å². The number of aromatic nitrogens is 4. The second kappa shape index (κ2) is 8.47. The Bertz CT molecular complexity index is 474. The molecular weight excluding hydrogens is 302 g/mol. The van der Waals surface area contributed by atoms with Crippen molar-refractivity contribution in [3.63, 3.8) is 0 Å². The molecule has 1 heterocycles. The van der Waals surface area contributed by atoms with Gasteiger partial charge in [-0.1, -0.05) is 0 Å². The van der Waals surface area contributed by atoms with Crippen LogP contribution in [0.25, 0.3) is 0 Å². The zero-order valence-electron chi connectivity index (χ0n) is 13.3. The predicted octanol–water partition coefficient (Wildman–Crippen LogP) is 0.985. The van der Waals surface area contributed by atoms with Gasteiger partial charge >= 0.3 is 0 Å². The second-order valence-electron chi connectivity index (χ2n) is 5.66. The number of tetrazole rings is 1. The first-order chi connectivity index (χ1) is 10.6. The van der Waals surface area contributed by atoms with Crippen molar-refractivity contribution >= 4 is 17.7 Å². The lowest BCUT2D eigenvalue weighted by molar-refractivity contribution is -0.134. The van der Waals surface area contributed by atoms with Crippen LogP contribution in [0.1, 0.15) is 44.9 Å². The molecule has 0 aromatic carbocycles. The summed E-state index contributed by atoms with van der Waals surface area (Å²) in [6.45, 7) is 2.78. The maximum atomic E-state index is 12.4. The van der Waals surface area contributed by atoms with Crippen molar-refractivity contribution in [2.75, 3.05) is 12.3 Å². The van der Waals surface area contributed by atoms with Crippen molar-refractivity contribution in [3.05, 3.63) is 5.82 Å². The van der Waals surface area contributed by atoms with Crippen molar-refractivity contribution < 1.29 is 9.90 Å². The third kappa shape index (κ3) is 4.67. The highest BCUT2D eigenvalue weighted by Gasteiger charge is 2.26. The van der Waals surface area contributed by atoms with Gasteiger partial charge in [-0.15, -0.1) is 5.10 Å². The topological polar surface area (TPSA) is 84.1 Å². The van der Waals surface area contributed by atoms with Crippen LogP contribution in [0.2, 0.25) is 0 Å². The quantitative estimate of drug-likeness (QED) is 0.752. The molecule has 0 spiro atoms. The number of thioether (sulfide) groups is 1. The number of carbonyl (C=O) groups excluding carboxylic acids is 1. The molecule has 124 valence electrons. The third-order valence-electron chi connectivity index (χ3n) is 4.17. The van der Waals surface area contributed by atoms with Crippen LogP contribution >= 0.6 is 11.8 Å². The van der Waals surface area contributed by atoms with Crippen molar-refractivity contribution in [3.8, 4) is 0 Å². The summed E-state index contributed by atoms with van der Waals surface area (Å²) in [5.74, 6) is 2.54. The van der Waals surface area contributed by atoms with Gasteiger partial charge in [-0.3, -0.25) is 4.79 Å².